The Morgan fingerprint density at radius 3 is 2.20 bits per heavy atom. The van der Waals surface area contributed by atoms with Gasteiger partial charge >= 0.3 is 0 Å². The number of amides is 1. The zero-order chi connectivity index (χ0) is 14.3. The standard InChI is InChI=1S/C15H27N3O.ClH/c1-5-7-9-18(10-8-6-2)15(19)11-14-12-17(4)13(3)16-14;/h12H,5-11H2,1-4H3;1H. The van der Waals surface area contributed by atoms with Crippen molar-refractivity contribution in [2.45, 2.75) is 52.9 Å². The fourth-order valence-corrected chi connectivity index (χ4v) is 2.11. The van der Waals surface area contributed by atoms with E-state index in [9.17, 15) is 4.79 Å². The molecule has 5 heteroatoms. The first-order chi connectivity index (χ1) is 9.08. The molecule has 116 valence electrons. The molecule has 0 aromatic heterocycles. The summed E-state index contributed by atoms with van der Waals surface area (Å²) in [7, 11) is 2.04. The molecule has 0 aromatic carbocycles. The van der Waals surface area contributed by atoms with Crippen LogP contribution in [-0.4, -0.2) is 36.8 Å². The summed E-state index contributed by atoms with van der Waals surface area (Å²) >= 11 is 0. The van der Waals surface area contributed by atoms with Crippen LogP contribution in [0.5, 0.6) is 0 Å². The normalized spacial score (nSPS) is 17.3. The van der Waals surface area contributed by atoms with Crippen molar-refractivity contribution >= 4 is 11.7 Å². The third-order valence-corrected chi connectivity index (χ3v) is 3.51. The summed E-state index contributed by atoms with van der Waals surface area (Å²) in [6, 6.07) is 0. The van der Waals surface area contributed by atoms with Crippen molar-refractivity contribution in [3.63, 3.8) is 0 Å². The van der Waals surface area contributed by atoms with Crippen LogP contribution in [-0.2, 0) is 4.79 Å². The molecule has 1 N–H and O–H groups in total. The van der Waals surface area contributed by atoms with Crippen LogP contribution < -0.4 is 17.3 Å². The minimum Gasteiger partial charge on any atom is -1.00 e. The van der Waals surface area contributed by atoms with Crippen molar-refractivity contribution in [3.05, 3.63) is 11.9 Å². The number of amidine groups is 1. The molecule has 1 amide bonds. The molecular weight excluding hydrogens is 274 g/mol. The lowest BCUT2D eigenvalue weighted by Gasteiger charge is -2.22. The van der Waals surface area contributed by atoms with E-state index >= 15 is 0 Å². The Bertz CT molecular complexity index is 358. The second-order valence-corrected chi connectivity index (χ2v) is 5.28. The van der Waals surface area contributed by atoms with Crippen LogP contribution in [0.3, 0.4) is 0 Å². The Morgan fingerprint density at radius 1 is 1.25 bits per heavy atom. The fraction of sp³-hybridized carbons (Fsp3) is 0.733. The maximum atomic E-state index is 12.3. The Morgan fingerprint density at radius 2 is 1.80 bits per heavy atom. The minimum atomic E-state index is 0. The summed E-state index contributed by atoms with van der Waals surface area (Å²) in [5, 5.41) is 0. The highest BCUT2D eigenvalue weighted by Gasteiger charge is 2.20. The lowest BCUT2D eigenvalue weighted by molar-refractivity contribution is -0.719. The van der Waals surface area contributed by atoms with Crippen molar-refractivity contribution in [2.75, 3.05) is 20.1 Å². The Hall–Kier alpha value is -0.870. The minimum absolute atomic E-state index is 0. The van der Waals surface area contributed by atoms with Crippen molar-refractivity contribution in [2.24, 2.45) is 4.99 Å². The molecule has 1 unspecified atom stereocenters. The smallest absolute Gasteiger partial charge is 0.228 e. The Balaban J connectivity index is 0.00000361. The number of quaternary nitrogens is 1. The maximum absolute atomic E-state index is 12.3. The number of hydrogen-bond acceptors (Lipinski definition) is 2. The van der Waals surface area contributed by atoms with E-state index in [1.165, 1.54) is 4.90 Å². The molecule has 0 saturated heterocycles. The number of hydrogen-bond donors (Lipinski definition) is 1. The molecular formula is C15H28ClN3O. The summed E-state index contributed by atoms with van der Waals surface area (Å²) in [6.07, 6.45) is 6.91. The molecule has 0 bridgehead atoms. The summed E-state index contributed by atoms with van der Waals surface area (Å²) in [4.78, 5) is 20.0. The number of carbonyl (C=O) groups excluding carboxylic acids is 1. The predicted octanol–water partition coefficient (Wildman–Crippen LogP) is -1.40. The van der Waals surface area contributed by atoms with Gasteiger partial charge in [0.15, 0.2) is 0 Å². The van der Waals surface area contributed by atoms with Gasteiger partial charge < -0.3 is 17.3 Å². The van der Waals surface area contributed by atoms with Crippen molar-refractivity contribution in [1.29, 1.82) is 0 Å². The van der Waals surface area contributed by atoms with Gasteiger partial charge in [-0.2, -0.15) is 4.99 Å². The third kappa shape index (κ3) is 6.06. The topological polar surface area (TPSA) is 37.1 Å². The van der Waals surface area contributed by atoms with Gasteiger partial charge in [0.25, 0.3) is 0 Å². The number of carbonyl (C=O) groups is 1. The Kier molecular flexibility index (Phi) is 9.51. The molecule has 1 aliphatic rings. The molecule has 1 atom stereocenters. The first-order valence-corrected chi connectivity index (χ1v) is 7.46. The van der Waals surface area contributed by atoms with E-state index in [0.29, 0.717) is 6.42 Å². The number of halogens is 1. The monoisotopic (exact) mass is 301 g/mol. The van der Waals surface area contributed by atoms with Crippen molar-refractivity contribution in [1.82, 2.24) is 4.90 Å². The van der Waals surface area contributed by atoms with Crippen LogP contribution in [0.15, 0.2) is 16.9 Å². The highest BCUT2D eigenvalue weighted by Crippen LogP contribution is 2.10. The molecule has 0 radical (unpaired) electrons. The molecule has 1 rings (SSSR count). The van der Waals surface area contributed by atoms with Gasteiger partial charge in [-0.25, -0.2) is 0 Å². The molecule has 1 aliphatic heterocycles. The number of nitrogens with zero attached hydrogens (tertiary/aromatic N) is 2. The summed E-state index contributed by atoms with van der Waals surface area (Å²) in [6.45, 7) is 8.08. The molecule has 0 saturated carbocycles. The summed E-state index contributed by atoms with van der Waals surface area (Å²) in [5.74, 6) is 1.26. The summed E-state index contributed by atoms with van der Waals surface area (Å²) < 4.78 is 0. The number of aliphatic imine (C=N–C) groups is 1. The largest absolute Gasteiger partial charge is 1.00 e. The van der Waals surface area contributed by atoms with Gasteiger partial charge in [0.2, 0.25) is 11.7 Å². The molecule has 1 heterocycles. The SMILES string of the molecule is CCCCN(CCCC)C(=O)CC1=C[NH+](C)C(C)=N1.[Cl-]. The molecule has 4 nitrogen and oxygen atoms in total. The van der Waals surface area contributed by atoms with Crippen LogP contribution in [0.1, 0.15) is 52.9 Å². The lowest BCUT2D eigenvalue weighted by atomic mass is 10.2. The van der Waals surface area contributed by atoms with E-state index in [1.807, 2.05) is 25.1 Å². The highest BCUT2D eigenvalue weighted by molar-refractivity contribution is 5.81. The van der Waals surface area contributed by atoms with Gasteiger partial charge in [-0.1, -0.05) is 26.7 Å². The van der Waals surface area contributed by atoms with E-state index in [2.05, 4.69) is 18.8 Å². The van der Waals surface area contributed by atoms with Gasteiger partial charge in [0.05, 0.1) is 13.5 Å². The number of rotatable bonds is 8. The van der Waals surface area contributed by atoms with Gasteiger partial charge in [0.1, 0.15) is 11.9 Å². The second-order valence-electron chi connectivity index (χ2n) is 5.28. The Labute approximate surface area is 129 Å². The van der Waals surface area contributed by atoms with E-state index < -0.39 is 0 Å². The molecule has 0 spiro atoms. The molecule has 0 aromatic rings. The van der Waals surface area contributed by atoms with Crippen LogP contribution in [0.4, 0.5) is 0 Å². The predicted molar refractivity (Wildman–Crippen MR) is 79.1 cm³/mol. The first kappa shape index (κ1) is 19.1. The number of nitrogens with one attached hydrogen (secondary N) is 1. The van der Waals surface area contributed by atoms with E-state index in [0.717, 1.165) is 50.3 Å². The van der Waals surface area contributed by atoms with Gasteiger partial charge in [-0.15, -0.1) is 0 Å². The highest BCUT2D eigenvalue weighted by atomic mass is 35.5. The van der Waals surface area contributed by atoms with E-state index in [1.54, 1.807) is 0 Å². The maximum Gasteiger partial charge on any atom is 0.228 e. The van der Waals surface area contributed by atoms with E-state index in [4.69, 9.17) is 0 Å². The van der Waals surface area contributed by atoms with Gasteiger partial charge in [-0.3, -0.25) is 9.69 Å². The van der Waals surface area contributed by atoms with Crippen LogP contribution in [0, 0.1) is 0 Å². The van der Waals surface area contributed by atoms with Crippen LogP contribution in [0.25, 0.3) is 0 Å². The number of unbranched alkanes of at least 4 members (excludes halogenated alkanes) is 2. The molecule has 0 fully saturated rings. The van der Waals surface area contributed by atoms with Crippen LogP contribution >= 0.6 is 0 Å². The third-order valence-electron chi connectivity index (χ3n) is 3.51. The molecule has 0 aliphatic carbocycles. The van der Waals surface area contributed by atoms with E-state index in [-0.39, 0.29) is 18.3 Å². The quantitative estimate of drug-likeness (QED) is 0.588. The zero-order valence-corrected chi connectivity index (χ0v) is 14.0. The fourth-order valence-electron chi connectivity index (χ4n) is 2.11. The second kappa shape index (κ2) is 9.94. The molecule has 20 heavy (non-hydrogen) atoms. The lowest BCUT2D eigenvalue weighted by Crippen LogP contribution is -3.05. The van der Waals surface area contributed by atoms with Crippen molar-refractivity contribution in [3.8, 4) is 0 Å². The van der Waals surface area contributed by atoms with Gasteiger partial charge in [-0.05, 0) is 12.8 Å². The van der Waals surface area contributed by atoms with Crippen LogP contribution in [0.2, 0.25) is 0 Å². The average Bonchev–Trinajstić information content (AvgIpc) is 2.68. The first-order valence-electron chi connectivity index (χ1n) is 7.46. The van der Waals surface area contributed by atoms with Crippen molar-refractivity contribution < 1.29 is 22.1 Å². The summed E-state index contributed by atoms with van der Waals surface area (Å²) in [5.41, 5.74) is 0.915. The van der Waals surface area contributed by atoms with Gasteiger partial charge in [0, 0.05) is 20.0 Å². The zero-order valence-electron chi connectivity index (χ0n) is 13.2. The average molecular weight is 302 g/mol.